The molecule has 0 spiro atoms. The van der Waals surface area contributed by atoms with Crippen LogP contribution in [0.2, 0.25) is 0 Å². The second kappa shape index (κ2) is 3.35. The molecule has 0 fully saturated rings. The molecule has 0 atom stereocenters. The molecule has 0 unspecified atom stereocenters. The maximum atomic E-state index is 12.4. The lowest BCUT2D eigenvalue weighted by Gasteiger charge is -2.20. The van der Waals surface area contributed by atoms with Gasteiger partial charge in [0.2, 0.25) is 0 Å². The predicted octanol–water partition coefficient (Wildman–Crippen LogP) is 0.973. The number of carbonyl (C=O) groups excluding carboxylic acids is 1. The van der Waals surface area contributed by atoms with Crippen LogP contribution in [0, 0.1) is 0 Å². The quantitative estimate of drug-likeness (QED) is 0.502. The number of hydrogen-bond donors (Lipinski definition) is 0. The Morgan fingerprint density at radius 3 is 1.92 bits per heavy atom. The summed E-state index contributed by atoms with van der Waals surface area (Å²) < 4.78 is 49.1. The van der Waals surface area contributed by atoms with Gasteiger partial charge >= 0.3 is 11.8 Å². The van der Waals surface area contributed by atoms with Crippen LogP contribution in [-0.2, 0) is 4.79 Å². The Kier molecular flexibility index (Phi) is 3.08. The SMILES string of the molecule is C/C(=C\C(F)(F)C(C)(F)F)C(=O)[O-]. The van der Waals surface area contributed by atoms with Crippen molar-refractivity contribution in [3.05, 3.63) is 11.6 Å². The van der Waals surface area contributed by atoms with Crippen molar-refractivity contribution in [3.8, 4) is 0 Å². The van der Waals surface area contributed by atoms with E-state index in [1.807, 2.05) is 0 Å². The van der Waals surface area contributed by atoms with E-state index in [0.29, 0.717) is 0 Å². The molecule has 0 aliphatic carbocycles. The van der Waals surface area contributed by atoms with E-state index in [4.69, 9.17) is 0 Å². The van der Waals surface area contributed by atoms with Gasteiger partial charge in [-0.25, -0.2) is 0 Å². The van der Waals surface area contributed by atoms with Crippen LogP contribution >= 0.6 is 0 Å². The van der Waals surface area contributed by atoms with Crippen LogP contribution in [0.1, 0.15) is 13.8 Å². The Morgan fingerprint density at radius 1 is 1.31 bits per heavy atom. The summed E-state index contributed by atoms with van der Waals surface area (Å²) in [6, 6.07) is 0. The largest absolute Gasteiger partial charge is 0.545 e. The standard InChI is InChI=1S/C7H8F4O2/c1-4(5(12)13)3-7(10,11)6(2,8)9/h3H,1-2H3,(H,12,13)/p-1/b4-3+. The highest BCUT2D eigenvalue weighted by Crippen LogP contribution is 2.35. The van der Waals surface area contributed by atoms with Gasteiger partial charge < -0.3 is 9.90 Å². The molecule has 2 nitrogen and oxygen atoms in total. The van der Waals surface area contributed by atoms with Gasteiger partial charge in [-0.15, -0.1) is 0 Å². The van der Waals surface area contributed by atoms with E-state index >= 15 is 0 Å². The average molecular weight is 199 g/mol. The maximum absolute atomic E-state index is 12.4. The minimum atomic E-state index is -4.48. The van der Waals surface area contributed by atoms with E-state index in [0.717, 1.165) is 6.92 Å². The first kappa shape index (κ1) is 11.9. The minimum Gasteiger partial charge on any atom is -0.545 e. The van der Waals surface area contributed by atoms with Gasteiger partial charge in [0.1, 0.15) is 0 Å². The van der Waals surface area contributed by atoms with Crippen LogP contribution in [0.15, 0.2) is 11.6 Å². The van der Waals surface area contributed by atoms with Crippen LogP contribution in [0.25, 0.3) is 0 Å². The summed E-state index contributed by atoms with van der Waals surface area (Å²) in [5.41, 5.74) is -0.925. The molecular weight excluding hydrogens is 192 g/mol. The van der Waals surface area contributed by atoms with Crippen molar-refractivity contribution >= 4 is 5.97 Å². The molecule has 0 aromatic rings. The number of hydrogen-bond acceptors (Lipinski definition) is 2. The zero-order valence-corrected chi connectivity index (χ0v) is 6.91. The fraction of sp³-hybridized carbons (Fsp3) is 0.571. The van der Waals surface area contributed by atoms with Crippen molar-refractivity contribution in [1.29, 1.82) is 0 Å². The molecule has 0 aliphatic heterocycles. The molecule has 76 valence electrons. The third-order valence-corrected chi connectivity index (χ3v) is 1.31. The van der Waals surface area contributed by atoms with Crippen LogP contribution < -0.4 is 5.11 Å². The molecule has 0 aromatic carbocycles. The highest BCUT2D eigenvalue weighted by atomic mass is 19.3. The normalized spacial score (nSPS) is 14.5. The van der Waals surface area contributed by atoms with E-state index in [2.05, 4.69) is 0 Å². The zero-order valence-electron chi connectivity index (χ0n) is 6.91. The van der Waals surface area contributed by atoms with E-state index in [1.165, 1.54) is 0 Å². The number of allylic oxidation sites excluding steroid dienone is 1. The molecule has 0 saturated carbocycles. The third-order valence-electron chi connectivity index (χ3n) is 1.31. The second-order valence-corrected chi connectivity index (χ2v) is 2.63. The number of alkyl halides is 4. The lowest BCUT2D eigenvalue weighted by Crippen LogP contribution is -2.37. The molecule has 0 aliphatic rings. The van der Waals surface area contributed by atoms with E-state index in [-0.39, 0.29) is 13.0 Å². The third kappa shape index (κ3) is 3.04. The highest BCUT2D eigenvalue weighted by Gasteiger charge is 2.50. The Morgan fingerprint density at radius 2 is 1.69 bits per heavy atom. The number of aliphatic carboxylic acids is 1. The van der Waals surface area contributed by atoms with Crippen LogP contribution in [-0.4, -0.2) is 17.8 Å². The van der Waals surface area contributed by atoms with Crippen LogP contribution in [0.4, 0.5) is 17.6 Å². The van der Waals surface area contributed by atoms with E-state index in [1.54, 1.807) is 0 Å². The van der Waals surface area contributed by atoms with Gasteiger partial charge in [-0.3, -0.25) is 0 Å². The molecule has 0 saturated heterocycles. The molecule has 0 amide bonds. The minimum absolute atomic E-state index is 0.00601. The van der Waals surface area contributed by atoms with Gasteiger partial charge in [-0.1, -0.05) is 0 Å². The van der Waals surface area contributed by atoms with Gasteiger partial charge in [0.05, 0.1) is 5.97 Å². The molecule has 6 heteroatoms. The lowest BCUT2D eigenvalue weighted by atomic mass is 10.1. The van der Waals surface area contributed by atoms with Gasteiger partial charge in [0.15, 0.2) is 0 Å². The first-order valence-electron chi connectivity index (χ1n) is 3.24. The Balaban J connectivity index is 4.89. The summed E-state index contributed by atoms with van der Waals surface area (Å²) in [5.74, 6) is -10.7. The average Bonchev–Trinajstić information content (AvgIpc) is 1.83. The number of carboxylic acids is 1. The summed E-state index contributed by atoms with van der Waals surface area (Å²) in [6.07, 6.45) is -0.317. The zero-order chi connectivity index (χ0) is 10.9. The van der Waals surface area contributed by atoms with Crippen LogP contribution in [0.3, 0.4) is 0 Å². The molecule has 13 heavy (non-hydrogen) atoms. The Bertz CT molecular complexity index is 239. The summed E-state index contributed by atoms with van der Waals surface area (Å²) in [5, 5.41) is 9.95. The second-order valence-electron chi connectivity index (χ2n) is 2.63. The van der Waals surface area contributed by atoms with Crippen molar-refractivity contribution in [2.45, 2.75) is 25.7 Å². The van der Waals surface area contributed by atoms with E-state index < -0.39 is 23.4 Å². The molecular formula is C7H7F4O2-. The first-order chi connectivity index (χ1) is 5.58. The fourth-order valence-electron chi connectivity index (χ4n) is 0.458. The van der Waals surface area contributed by atoms with Crippen molar-refractivity contribution in [1.82, 2.24) is 0 Å². The van der Waals surface area contributed by atoms with Crippen LogP contribution in [0.5, 0.6) is 0 Å². The monoisotopic (exact) mass is 199 g/mol. The summed E-state index contributed by atoms with van der Waals surface area (Å²) in [4.78, 5) is 9.95. The fourth-order valence-corrected chi connectivity index (χ4v) is 0.458. The highest BCUT2D eigenvalue weighted by molar-refractivity contribution is 5.84. The molecule has 0 bridgehead atoms. The number of rotatable bonds is 3. The van der Waals surface area contributed by atoms with Crippen molar-refractivity contribution < 1.29 is 27.5 Å². The molecule has 0 radical (unpaired) electrons. The summed E-state index contributed by atoms with van der Waals surface area (Å²) in [6.45, 7) is 0.765. The number of carboxylic acid groups (broad SMARTS) is 1. The van der Waals surface area contributed by atoms with Gasteiger partial charge in [-0.05, 0) is 18.6 Å². The van der Waals surface area contributed by atoms with E-state index in [9.17, 15) is 27.5 Å². The smallest absolute Gasteiger partial charge is 0.328 e. The Labute approximate surface area is 71.9 Å². The van der Waals surface area contributed by atoms with Crippen molar-refractivity contribution in [3.63, 3.8) is 0 Å². The predicted molar refractivity (Wildman–Crippen MR) is 34.3 cm³/mol. The van der Waals surface area contributed by atoms with Gasteiger partial charge in [-0.2, -0.15) is 17.6 Å². The molecule has 0 rings (SSSR count). The lowest BCUT2D eigenvalue weighted by molar-refractivity contribution is -0.299. The maximum Gasteiger partial charge on any atom is 0.328 e. The Hall–Kier alpha value is -1.07. The summed E-state index contributed by atoms with van der Waals surface area (Å²) >= 11 is 0. The van der Waals surface area contributed by atoms with Crippen molar-refractivity contribution in [2.24, 2.45) is 0 Å². The molecule has 0 aromatic heterocycles. The number of halogens is 4. The number of carbonyl (C=O) groups is 1. The molecule has 0 N–H and O–H groups in total. The molecule has 0 heterocycles. The topological polar surface area (TPSA) is 40.1 Å². The first-order valence-corrected chi connectivity index (χ1v) is 3.24. The van der Waals surface area contributed by atoms with Crippen molar-refractivity contribution in [2.75, 3.05) is 0 Å². The van der Waals surface area contributed by atoms with Gasteiger partial charge in [0.25, 0.3) is 0 Å². The summed E-state index contributed by atoms with van der Waals surface area (Å²) in [7, 11) is 0. The van der Waals surface area contributed by atoms with Gasteiger partial charge in [0, 0.05) is 6.92 Å².